The van der Waals surface area contributed by atoms with Crippen LogP contribution in [0.3, 0.4) is 0 Å². The molecule has 17 heavy (non-hydrogen) atoms. The number of anilines is 1. The highest BCUT2D eigenvalue weighted by Crippen LogP contribution is 2.16. The molecule has 2 rings (SSSR count). The van der Waals surface area contributed by atoms with Crippen molar-refractivity contribution in [2.45, 2.75) is 13.0 Å². The molecule has 0 radical (unpaired) electrons. The lowest BCUT2D eigenvalue weighted by Gasteiger charge is -2.23. The first kappa shape index (κ1) is 11.9. The second-order valence-corrected chi connectivity index (χ2v) is 4.09. The van der Waals surface area contributed by atoms with E-state index >= 15 is 0 Å². The predicted octanol–water partition coefficient (Wildman–Crippen LogP) is 1.69. The molecule has 1 aromatic carbocycles. The average molecular weight is 232 g/mol. The fourth-order valence-electron chi connectivity index (χ4n) is 1.81. The molecule has 1 aliphatic heterocycles. The molecule has 90 valence electrons. The van der Waals surface area contributed by atoms with Crippen LogP contribution >= 0.6 is 0 Å². The number of nitrogens with one attached hydrogen (secondary N) is 1. The molecule has 4 heteroatoms. The third kappa shape index (κ3) is 3.19. The van der Waals surface area contributed by atoms with Gasteiger partial charge in [0.2, 0.25) is 0 Å². The third-order valence-corrected chi connectivity index (χ3v) is 2.76. The van der Waals surface area contributed by atoms with Gasteiger partial charge in [-0.2, -0.15) is 5.26 Å². The van der Waals surface area contributed by atoms with E-state index in [9.17, 15) is 0 Å². The van der Waals surface area contributed by atoms with E-state index in [0.29, 0.717) is 25.4 Å². The van der Waals surface area contributed by atoms with Crippen molar-refractivity contribution in [3.05, 3.63) is 29.3 Å². The maximum atomic E-state index is 8.78. The highest BCUT2D eigenvalue weighted by molar-refractivity contribution is 5.54. The molecule has 0 amide bonds. The Morgan fingerprint density at radius 1 is 1.47 bits per heavy atom. The normalized spacial score (nSPS) is 19.6. The van der Waals surface area contributed by atoms with Crippen molar-refractivity contribution in [3.63, 3.8) is 0 Å². The lowest BCUT2D eigenvalue weighted by Crippen LogP contribution is -2.34. The van der Waals surface area contributed by atoms with E-state index in [1.54, 1.807) is 0 Å². The number of hydrogen-bond donors (Lipinski definition) is 1. The van der Waals surface area contributed by atoms with Crippen LogP contribution in [0.2, 0.25) is 0 Å². The molecule has 1 fully saturated rings. The van der Waals surface area contributed by atoms with Crippen LogP contribution in [-0.4, -0.2) is 32.5 Å². The van der Waals surface area contributed by atoms with Gasteiger partial charge < -0.3 is 14.8 Å². The summed E-state index contributed by atoms with van der Waals surface area (Å²) < 4.78 is 10.9. The van der Waals surface area contributed by atoms with Crippen LogP contribution in [0.15, 0.2) is 18.2 Å². The molecule has 1 aromatic rings. The minimum atomic E-state index is 0.110. The smallest absolute Gasteiger partial charge is 0.0991 e. The largest absolute Gasteiger partial charge is 0.382 e. The van der Waals surface area contributed by atoms with E-state index in [4.69, 9.17) is 14.7 Å². The number of rotatable bonds is 3. The summed E-state index contributed by atoms with van der Waals surface area (Å²) in [6.45, 7) is 4.71. The minimum Gasteiger partial charge on any atom is -0.382 e. The number of benzene rings is 1. The van der Waals surface area contributed by atoms with Crippen molar-refractivity contribution in [1.29, 1.82) is 5.26 Å². The minimum absolute atomic E-state index is 0.110. The van der Waals surface area contributed by atoms with Gasteiger partial charge in [0.05, 0.1) is 37.6 Å². The second kappa shape index (κ2) is 5.67. The molecule has 1 saturated heterocycles. The molecular formula is C13H16N2O2. The Morgan fingerprint density at radius 3 is 3.00 bits per heavy atom. The van der Waals surface area contributed by atoms with Gasteiger partial charge in [-0.05, 0) is 30.7 Å². The van der Waals surface area contributed by atoms with Crippen molar-refractivity contribution in [1.82, 2.24) is 0 Å². The Hall–Kier alpha value is -1.57. The Labute approximate surface area is 101 Å². The Morgan fingerprint density at radius 2 is 2.35 bits per heavy atom. The zero-order valence-corrected chi connectivity index (χ0v) is 9.90. The first-order valence-electron chi connectivity index (χ1n) is 5.73. The summed E-state index contributed by atoms with van der Waals surface area (Å²) in [7, 11) is 0. The summed E-state index contributed by atoms with van der Waals surface area (Å²) in [4.78, 5) is 0. The van der Waals surface area contributed by atoms with E-state index in [0.717, 1.165) is 17.8 Å². The molecule has 0 spiro atoms. The van der Waals surface area contributed by atoms with Crippen molar-refractivity contribution in [3.8, 4) is 6.07 Å². The van der Waals surface area contributed by atoms with Gasteiger partial charge in [0.1, 0.15) is 0 Å². The molecule has 0 bridgehead atoms. The summed E-state index contributed by atoms with van der Waals surface area (Å²) in [6, 6.07) is 7.74. The van der Waals surface area contributed by atoms with Gasteiger partial charge in [0, 0.05) is 12.2 Å². The molecule has 0 aromatic heterocycles. The fraction of sp³-hybridized carbons (Fsp3) is 0.462. The van der Waals surface area contributed by atoms with Crippen molar-refractivity contribution in [2.24, 2.45) is 0 Å². The third-order valence-electron chi connectivity index (χ3n) is 2.76. The summed E-state index contributed by atoms with van der Waals surface area (Å²) in [6.07, 6.45) is 0.110. The summed E-state index contributed by atoms with van der Waals surface area (Å²) >= 11 is 0. The van der Waals surface area contributed by atoms with Gasteiger partial charge in [-0.1, -0.05) is 0 Å². The summed E-state index contributed by atoms with van der Waals surface area (Å²) in [5, 5.41) is 12.1. The van der Waals surface area contributed by atoms with Crippen molar-refractivity contribution >= 4 is 5.69 Å². The molecule has 1 atom stereocenters. The molecule has 1 N–H and O–H groups in total. The Kier molecular flexibility index (Phi) is 3.97. The van der Waals surface area contributed by atoms with E-state index in [1.165, 1.54) is 0 Å². The fourth-order valence-corrected chi connectivity index (χ4v) is 1.81. The maximum absolute atomic E-state index is 8.78. The molecule has 1 heterocycles. The zero-order chi connectivity index (χ0) is 12.1. The first-order chi connectivity index (χ1) is 8.29. The lowest BCUT2D eigenvalue weighted by molar-refractivity contribution is -0.0818. The highest BCUT2D eigenvalue weighted by Gasteiger charge is 2.14. The van der Waals surface area contributed by atoms with E-state index < -0.39 is 0 Å². The number of ether oxygens (including phenoxy) is 2. The van der Waals surface area contributed by atoms with Crippen molar-refractivity contribution < 1.29 is 9.47 Å². The molecule has 4 nitrogen and oxygen atoms in total. The summed E-state index contributed by atoms with van der Waals surface area (Å²) in [5.41, 5.74) is 2.80. The number of aryl methyl sites for hydroxylation is 1. The van der Waals surface area contributed by atoms with E-state index in [2.05, 4.69) is 11.4 Å². The molecular weight excluding hydrogens is 216 g/mol. The molecule has 1 aliphatic rings. The highest BCUT2D eigenvalue weighted by atomic mass is 16.6. The van der Waals surface area contributed by atoms with Gasteiger partial charge in [-0.15, -0.1) is 0 Å². The monoisotopic (exact) mass is 232 g/mol. The van der Waals surface area contributed by atoms with Gasteiger partial charge in [-0.3, -0.25) is 0 Å². The van der Waals surface area contributed by atoms with Crippen LogP contribution in [0.4, 0.5) is 5.69 Å². The van der Waals surface area contributed by atoms with E-state index in [-0.39, 0.29) is 6.10 Å². The van der Waals surface area contributed by atoms with Crippen LogP contribution in [0.25, 0.3) is 0 Å². The molecule has 1 unspecified atom stereocenters. The number of nitrogens with zero attached hydrogens (tertiary/aromatic N) is 1. The van der Waals surface area contributed by atoms with Crippen LogP contribution in [-0.2, 0) is 9.47 Å². The zero-order valence-electron chi connectivity index (χ0n) is 9.90. The topological polar surface area (TPSA) is 54.3 Å². The van der Waals surface area contributed by atoms with Gasteiger partial charge >= 0.3 is 0 Å². The number of nitriles is 1. The summed E-state index contributed by atoms with van der Waals surface area (Å²) in [5.74, 6) is 0. The molecule has 0 saturated carbocycles. The lowest BCUT2D eigenvalue weighted by atomic mass is 10.1. The predicted molar refractivity (Wildman–Crippen MR) is 64.9 cm³/mol. The van der Waals surface area contributed by atoms with Gasteiger partial charge in [-0.25, -0.2) is 0 Å². The van der Waals surface area contributed by atoms with Gasteiger partial charge in [0.25, 0.3) is 0 Å². The van der Waals surface area contributed by atoms with Crippen molar-refractivity contribution in [2.75, 3.05) is 31.7 Å². The van der Waals surface area contributed by atoms with Crippen LogP contribution < -0.4 is 5.32 Å². The second-order valence-electron chi connectivity index (χ2n) is 4.09. The van der Waals surface area contributed by atoms with Crippen LogP contribution in [0, 0.1) is 18.3 Å². The Bertz CT molecular complexity index is 420. The SMILES string of the molecule is Cc1cc(C#N)ccc1NCC1COCCO1. The quantitative estimate of drug-likeness (QED) is 0.861. The van der Waals surface area contributed by atoms with E-state index in [1.807, 2.05) is 25.1 Å². The number of hydrogen-bond acceptors (Lipinski definition) is 4. The van der Waals surface area contributed by atoms with Crippen LogP contribution in [0.5, 0.6) is 0 Å². The molecule has 0 aliphatic carbocycles. The van der Waals surface area contributed by atoms with Crippen LogP contribution in [0.1, 0.15) is 11.1 Å². The standard InChI is InChI=1S/C13H16N2O2/c1-10-6-11(7-14)2-3-13(10)15-8-12-9-16-4-5-17-12/h2-3,6,12,15H,4-5,8-9H2,1H3. The average Bonchev–Trinajstić information content (AvgIpc) is 2.38. The first-order valence-corrected chi connectivity index (χ1v) is 5.73. The van der Waals surface area contributed by atoms with Gasteiger partial charge in [0.15, 0.2) is 0 Å². The maximum Gasteiger partial charge on any atom is 0.0991 e. The Balaban J connectivity index is 1.92.